The molecule has 0 bridgehead atoms. The van der Waals surface area contributed by atoms with E-state index < -0.39 is 0 Å². The van der Waals surface area contributed by atoms with E-state index in [0.29, 0.717) is 0 Å². The molecule has 0 aliphatic heterocycles. The van der Waals surface area contributed by atoms with Crippen molar-refractivity contribution in [2.75, 3.05) is 0 Å². The number of allylic oxidation sites excluding steroid dienone is 1. The Morgan fingerprint density at radius 2 is 1.65 bits per heavy atom. The van der Waals surface area contributed by atoms with Gasteiger partial charge in [0, 0.05) is 0 Å². The summed E-state index contributed by atoms with van der Waals surface area (Å²) in [5, 5.41) is 12.6. The Kier molecular flexibility index (Phi) is 4.74. The molecule has 2 heteroatoms. The average molecular weight is 272 g/mol. The first-order valence-corrected chi connectivity index (χ1v) is 6.73. The molecule has 0 heterocycles. The molecule has 2 aromatic carbocycles. The maximum atomic E-state index is 12.6. The van der Waals surface area contributed by atoms with Crippen LogP contribution < -0.4 is 34.7 Å². The standard InChI is InChI=1S/C18H18O.Na/c1-12-7-8-13(2)17(11-12)16-10-9-14-5-3-4-6-15(14)18(16)19;/h3-8,11,19H,9-10H2,1-2H3;/q;+1/p-1. The Balaban J connectivity index is 0.00000147. The molecule has 1 aliphatic rings. The van der Waals surface area contributed by atoms with E-state index in [0.717, 1.165) is 29.5 Å². The predicted octanol–water partition coefficient (Wildman–Crippen LogP) is 0.482. The zero-order valence-electron chi connectivity index (χ0n) is 12.4. The van der Waals surface area contributed by atoms with E-state index in [-0.39, 0.29) is 35.3 Å². The van der Waals surface area contributed by atoms with Crippen LogP contribution in [0.4, 0.5) is 0 Å². The van der Waals surface area contributed by atoms with Crippen molar-refractivity contribution in [3.05, 3.63) is 70.3 Å². The van der Waals surface area contributed by atoms with Gasteiger partial charge in [-0.2, -0.15) is 0 Å². The monoisotopic (exact) mass is 272 g/mol. The molecule has 0 aromatic heterocycles. The summed E-state index contributed by atoms with van der Waals surface area (Å²) in [6.45, 7) is 4.15. The molecule has 0 fully saturated rings. The molecular weight excluding hydrogens is 255 g/mol. The molecule has 0 amide bonds. The van der Waals surface area contributed by atoms with E-state index in [4.69, 9.17) is 0 Å². The van der Waals surface area contributed by atoms with Crippen molar-refractivity contribution in [1.82, 2.24) is 0 Å². The van der Waals surface area contributed by atoms with Gasteiger partial charge in [-0.05, 0) is 54.5 Å². The summed E-state index contributed by atoms with van der Waals surface area (Å²) in [4.78, 5) is 0. The van der Waals surface area contributed by atoms with Gasteiger partial charge in [0.15, 0.2) is 0 Å². The van der Waals surface area contributed by atoms with Crippen molar-refractivity contribution >= 4 is 11.3 Å². The Labute approximate surface area is 142 Å². The van der Waals surface area contributed by atoms with E-state index in [2.05, 4.69) is 38.1 Å². The number of hydrogen-bond acceptors (Lipinski definition) is 1. The minimum Gasteiger partial charge on any atom is -0.872 e. The summed E-state index contributed by atoms with van der Waals surface area (Å²) < 4.78 is 0. The molecule has 0 radical (unpaired) electrons. The van der Waals surface area contributed by atoms with Crippen molar-refractivity contribution < 1.29 is 34.7 Å². The Morgan fingerprint density at radius 1 is 0.900 bits per heavy atom. The zero-order chi connectivity index (χ0) is 13.4. The van der Waals surface area contributed by atoms with Crippen LogP contribution in [0.2, 0.25) is 0 Å². The fraction of sp³-hybridized carbons (Fsp3) is 0.222. The molecule has 2 aromatic rings. The smallest absolute Gasteiger partial charge is 0.872 e. The van der Waals surface area contributed by atoms with Crippen LogP contribution in [0.1, 0.15) is 34.2 Å². The van der Waals surface area contributed by atoms with E-state index in [9.17, 15) is 5.11 Å². The van der Waals surface area contributed by atoms with Gasteiger partial charge in [-0.25, -0.2) is 0 Å². The third-order valence-corrected chi connectivity index (χ3v) is 3.90. The van der Waals surface area contributed by atoms with Crippen LogP contribution in [0.3, 0.4) is 0 Å². The topological polar surface area (TPSA) is 23.1 Å². The van der Waals surface area contributed by atoms with Gasteiger partial charge >= 0.3 is 29.6 Å². The van der Waals surface area contributed by atoms with Crippen LogP contribution in [0, 0.1) is 13.8 Å². The summed E-state index contributed by atoms with van der Waals surface area (Å²) >= 11 is 0. The SMILES string of the molecule is Cc1ccc(C)c(C2=C([O-])c3ccccc3CC2)c1.[Na+]. The molecule has 0 unspecified atom stereocenters. The second-order valence-electron chi connectivity index (χ2n) is 5.28. The van der Waals surface area contributed by atoms with Crippen molar-refractivity contribution in [1.29, 1.82) is 0 Å². The number of benzene rings is 2. The number of rotatable bonds is 1. The molecule has 1 aliphatic carbocycles. The summed E-state index contributed by atoms with van der Waals surface area (Å²) in [6, 6.07) is 14.3. The van der Waals surface area contributed by atoms with E-state index in [1.807, 2.05) is 18.2 Å². The molecule has 96 valence electrons. The van der Waals surface area contributed by atoms with Gasteiger partial charge in [-0.15, -0.1) is 0 Å². The second kappa shape index (κ2) is 6.17. The third kappa shape index (κ3) is 2.71. The number of fused-ring (bicyclic) bond motifs is 1. The minimum atomic E-state index is 0. The van der Waals surface area contributed by atoms with Crippen LogP contribution in [0.15, 0.2) is 42.5 Å². The van der Waals surface area contributed by atoms with Crippen LogP contribution in [-0.4, -0.2) is 0 Å². The van der Waals surface area contributed by atoms with E-state index in [1.54, 1.807) is 0 Å². The van der Waals surface area contributed by atoms with Crippen LogP contribution in [0.25, 0.3) is 11.3 Å². The Morgan fingerprint density at radius 3 is 2.45 bits per heavy atom. The maximum absolute atomic E-state index is 12.6. The average Bonchev–Trinajstić information content (AvgIpc) is 2.43. The largest absolute Gasteiger partial charge is 1.00 e. The van der Waals surface area contributed by atoms with Crippen LogP contribution in [-0.2, 0) is 6.42 Å². The summed E-state index contributed by atoms with van der Waals surface area (Å²) in [7, 11) is 0. The molecule has 0 saturated carbocycles. The van der Waals surface area contributed by atoms with Crippen molar-refractivity contribution in [3.8, 4) is 0 Å². The van der Waals surface area contributed by atoms with Gasteiger partial charge in [0.05, 0.1) is 0 Å². The van der Waals surface area contributed by atoms with Gasteiger partial charge in [-0.3, -0.25) is 0 Å². The molecule has 0 atom stereocenters. The molecule has 3 rings (SSSR count). The summed E-state index contributed by atoms with van der Waals surface area (Å²) in [5.74, 6) is 0.204. The van der Waals surface area contributed by atoms with Crippen LogP contribution >= 0.6 is 0 Å². The molecular formula is C18H17NaO. The fourth-order valence-electron chi connectivity index (χ4n) is 2.81. The predicted molar refractivity (Wildman–Crippen MR) is 77.5 cm³/mol. The van der Waals surface area contributed by atoms with Crippen molar-refractivity contribution in [3.63, 3.8) is 0 Å². The Hall–Kier alpha value is -1.02. The molecule has 0 saturated heterocycles. The van der Waals surface area contributed by atoms with Crippen LogP contribution in [0.5, 0.6) is 0 Å². The summed E-state index contributed by atoms with van der Waals surface area (Å²) in [5.41, 5.74) is 6.55. The van der Waals surface area contributed by atoms with Gasteiger partial charge in [0.2, 0.25) is 0 Å². The second-order valence-corrected chi connectivity index (χ2v) is 5.28. The van der Waals surface area contributed by atoms with Crippen molar-refractivity contribution in [2.24, 2.45) is 0 Å². The van der Waals surface area contributed by atoms with Crippen molar-refractivity contribution in [2.45, 2.75) is 26.7 Å². The van der Waals surface area contributed by atoms with Gasteiger partial charge in [-0.1, -0.05) is 53.8 Å². The molecule has 0 spiro atoms. The first-order valence-electron chi connectivity index (χ1n) is 6.73. The normalized spacial score (nSPS) is 13.7. The number of hydrogen-bond donors (Lipinski definition) is 0. The summed E-state index contributed by atoms with van der Waals surface area (Å²) in [6.07, 6.45) is 1.81. The molecule has 20 heavy (non-hydrogen) atoms. The van der Waals surface area contributed by atoms with E-state index in [1.165, 1.54) is 16.7 Å². The quantitative estimate of drug-likeness (QED) is 0.693. The fourth-order valence-corrected chi connectivity index (χ4v) is 2.81. The first kappa shape index (κ1) is 15.4. The van der Waals surface area contributed by atoms with Gasteiger partial charge in [0.25, 0.3) is 0 Å². The Bertz CT molecular complexity index is 671. The minimum absolute atomic E-state index is 0. The first-order chi connectivity index (χ1) is 9.16. The maximum Gasteiger partial charge on any atom is 1.00 e. The van der Waals surface area contributed by atoms with Gasteiger partial charge < -0.3 is 5.11 Å². The number of aryl methyl sites for hydroxylation is 3. The molecule has 1 nitrogen and oxygen atoms in total. The van der Waals surface area contributed by atoms with Gasteiger partial charge in [0.1, 0.15) is 0 Å². The van der Waals surface area contributed by atoms with E-state index >= 15 is 0 Å². The third-order valence-electron chi connectivity index (χ3n) is 3.90. The zero-order valence-corrected chi connectivity index (χ0v) is 14.4. The molecule has 0 N–H and O–H groups in total.